The van der Waals surface area contributed by atoms with Crippen molar-refractivity contribution in [3.8, 4) is 51.0 Å². The lowest BCUT2D eigenvalue weighted by molar-refractivity contribution is 0.954. The molecule has 0 N–H and O–H groups in total. The molecule has 0 radical (unpaired) electrons. The van der Waals surface area contributed by atoms with E-state index in [0.717, 1.165) is 49.6 Å². The zero-order valence-electron chi connectivity index (χ0n) is 31.2. The second-order valence-corrected chi connectivity index (χ2v) is 15.9. The summed E-state index contributed by atoms with van der Waals surface area (Å²) < 4.78 is 4.85. The van der Waals surface area contributed by atoms with Gasteiger partial charge in [-0.2, -0.15) is 9.97 Å². The van der Waals surface area contributed by atoms with Gasteiger partial charge in [-0.25, -0.2) is 4.98 Å². The van der Waals surface area contributed by atoms with Crippen molar-refractivity contribution < 1.29 is 0 Å². The highest BCUT2D eigenvalue weighted by Gasteiger charge is 2.22. The van der Waals surface area contributed by atoms with E-state index in [2.05, 4.69) is 193 Å². The van der Waals surface area contributed by atoms with Crippen molar-refractivity contribution in [3.63, 3.8) is 0 Å². The highest BCUT2D eigenvalue weighted by Crippen LogP contribution is 2.43. The van der Waals surface area contributed by atoms with Crippen LogP contribution in [0, 0.1) is 0 Å². The molecule has 58 heavy (non-hydrogen) atoms. The van der Waals surface area contributed by atoms with E-state index < -0.39 is 0 Å². The third-order valence-electron chi connectivity index (χ3n) is 11.4. The van der Waals surface area contributed by atoms with Crippen LogP contribution in [0.25, 0.3) is 115 Å². The van der Waals surface area contributed by atoms with Crippen LogP contribution in [0.5, 0.6) is 0 Å². The van der Waals surface area contributed by atoms with Gasteiger partial charge in [-0.3, -0.25) is 4.57 Å². The van der Waals surface area contributed by atoms with Crippen LogP contribution < -0.4 is 0 Å². The van der Waals surface area contributed by atoms with Crippen LogP contribution in [0.15, 0.2) is 194 Å². The van der Waals surface area contributed by atoms with Crippen LogP contribution >= 0.6 is 11.3 Å². The first-order valence-corrected chi connectivity index (χ1v) is 20.3. The Hall–Kier alpha value is -7.47. The van der Waals surface area contributed by atoms with Crippen LogP contribution in [0.4, 0.5) is 0 Å². The summed E-state index contributed by atoms with van der Waals surface area (Å²) in [7, 11) is 0. The third-order valence-corrected chi connectivity index (χ3v) is 12.6. The Morgan fingerprint density at radius 3 is 1.84 bits per heavy atom. The summed E-state index contributed by atoms with van der Waals surface area (Å²) in [4.78, 5) is 16.0. The lowest BCUT2D eigenvalue weighted by Gasteiger charge is -2.13. The van der Waals surface area contributed by atoms with E-state index in [1.54, 1.807) is 0 Å². The van der Waals surface area contributed by atoms with E-state index in [4.69, 9.17) is 15.0 Å². The van der Waals surface area contributed by atoms with Crippen molar-refractivity contribution in [2.24, 2.45) is 0 Å². The third kappa shape index (κ3) is 5.25. The van der Waals surface area contributed by atoms with E-state index in [1.165, 1.54) is 47.3 Å². The molecule has 3 heterocycles. The van der Waals surface area contributed by atoms with Crippen LogP contribution in [0.2, 0.25) is 0 Å². The Kier molecular flexibility index (Phi) is 7.37. The van der Waals surface area contributed by atoms with Crippen LogP contribution in [0.1, 0.15) is 0 Å². The molecule has 0 aliphatic rings. The van der Waals surface area contributed by atoms with E-state index in [9.17, 15) is 0 Å². The van der Waals surface area contributed by atoms with Crippen LogP contribution in [0.3, 0.4) is 0 Å². The summed E-state index contributed by atoms with van der Waals surface area (Å²) in [5.41, 5.74) is 8.55. The van der Waals surface area contributed by atoms with Crippen molar-refractivity contribution in [1.29, 1.82) is 0 Å². The molecule has 3 aromatic heterocycles. The summed E-state index contributed by atoms with van der Waals surface area (Å²) in [5, 5.41) is 9.58. The second kappa shape index (κ2) is 13.1. The minimum absolute atomic E-state index is 0.574. The quantitative estimate of drug-likeness (QED) is 0.176. The molecule has 0 aliphatic carbocycles. The van der Waals surface area contributed by atoms with E-state index in [1.807, 2.05) is 17.4 Å². The van der Waals surface area contributed by atoms with Crippen molar-refractivity contribution in [3.05, 3.63) is 194 Å². The molecule has 0 aliphatic heterocycles. The number of fused-ring (bicyclic) bond motifs is 9. The van der Waals surface area contributed by atoms with E-state index in [-0.39, 0.29) is 0 Å². The predicted octanol–water partition coefficient (Wildman–Crippen LogP) is 14.3. The summed E-state index contributed by atoms with van der Waals surface area (Å²) in [6, 6.07) is 69.2. The van der Waals surface area contributed by atoms with E-state index in [0.29, 0.717) is 17.6 Å². The largest absolute Gasteiger partial charge is 0.277 e. The number of para-hydroxylation sites is 1. The molecule has 0 fully saturated rings. The Labute approximate surface area is 338 Å². The van der Waals surface area contributed by atoms with Gasteiger partial charge >= 0.3 is 0 Å². The fraction of sp³-hybridized carbons (Fsp3) is 0. The van der Waals surface area contributed by atoms with Crippen LogP contribution in [-0.4, -0.2) is 19.5 Å². The van der Waals surface area contributed by atoms with E-state index >= 15 is 0 Å². The fourth-order valence-electron chi connectivity index (χ4n) is 8.66. The minimum atomic E-state index is 0.574. The zero-order valence-corrected chi connectivity index (χ0v) is 32.0. The first-order chi connectivity index (χ1) is 28.7. The molecule has 9 aromatic carbocycles. The SMILES string of the molecule is c1ccc(-c2ccc(-c3nc(-c4ccc5ccccc5c4)nc(-n4c5ccc6ccccc6c5c5cccc(-c6ccc7sc8ccccc8c7c6)c54)n3)cc2)cc1. The summed E-state index contributed by atoms with van der Waals surface area (Å²) >= 11 is 1.84. The number of benzene rings is 9. The lowest BCUT2D eigenvalue weighted by atomic mass is 9.98. The van der Waals surface area contributed by atoms with Gasteiger partial charge < -0.3 is 0 Å². The topological polar surface area (TPSA) is 43.6 Å². The summed E-state index contributed by atoms with van der Waals surface area (Å²) in [6.45, 7) is 0. The molecule has 0 amide bonds. The van der Waals surface area contributed by atoms with Gasteiger partial charge in [-0.05, 0) is 68.6 Å². The number of nitrogens with zero attached hydrogens (tertiary/aromatic N) is 4. The maximum atomic E-state index is 5.38. The highest BCUT2D eigenvalue weighted by atomic mass is 32.1. The average molecular weight is 757 g/mol. The molecule has 270 valence electrons. The van der Waals surface area contributed by atoms with Gasteiger partial charge in [0.05, 0.1) is 11.0 Å². The monoisotopic (exact) mass is 756 g/mol. The Bertz CT molecular complexity index is 3560. The Morgan fingerprint density at radius 1 is 0.362 bits per heavy atom. The molecule has 0 spiro atoms. The predicted molar refractivity (Wildman–Crippen MR) is 244 cm³/mol. The van der Waals surface area contributed by atoms with Crippen molar-refractivity contribution >= 4 is 74.9 Å². The van der Waals surface area contributed by atoms with Gasteiger partial charge in [0.2, 0.25) is 5.95 Å². The molecule has 0 atom stereocenters. The number of aromatic nitrogens is 4. The first-order valence-electron chi connectivity index (χ1n) is 19.5. The minimum Gasteiger partial charge on any atom is -0.277 e. The molecule has 0 bridgehead atoms. The summed E-state index contributed by atoms with van der Waals surface area (Å²) in [6.07, 6.45) is 0. The molecule has 0 unspecified atom stereocenters. The number of hydrogen-bond donors (Lipinski definition) is 0. The van der Waals surface area contributed by atoms with Gasteiger partial charge in [-0.15, -0.1) is 11.3 Å². The fourth-order valence-corrected chi connectivity index (χ4v) is 9.75. The van der Waals surface area contributed by atoms with Gasteiger partial charge in [0, 0.05) is 47.6 Å². The number of thiophene rings is 1. The second-order valence-electron chi connectivity index (χ2n) is 14.8. The molecule has 5 heteroatoms. The molecule has 0 saturated carbocycles. The molecule has 4 nitrogen and oxygen atoms in total. The average Bonchev–Trinajstić information content (AvgIpc) is 3.85. The smallest absolute Gasteiger partial charge is 0.238 e. The Morgan fingerprint density at radius 2 is 0.983 bits per heavy atom. The highest BCUT2D eigenvalue weighted by molar-refractivity contribution is 7.25. The molecular formula is C53H32N4S. The van der Waals surface area contributed by atoms with Crippen molar-refractivity contribution in [2.45, 2.75) is 0 Å². The van der Waals surface area contributed by atoms with Crippen LogP contribution in [-0.2, 0) is 0 Å². The number of hydrogen-bond acceptors (Lipinski definition) is 4. The molecule has 12 aromatic rings. The van der Waals surface area contributed by atoms with Crippen molar-refractivity contribution in [1.82, 2.24) is 19.5 Å². The Balaban J connectivity index is 1.15. The van der Waals surface area contributed by atoms with Gasteiger partial charge in [0.1, 0.15) is 0 Å². The number of rotatable bonds is 5. The van der Waals surface area contributed by atoms with Gasteiger partial charge in [0.25, 0.3) is 0 Å². The maximum Gasteiger partial charge on any atom is 0.238 e. The normalized spacial score (nSPS) is 11.8. The van der Waals surface area contributed by atoms with Gasteiger partial charge in [0.15, 0.2) is 11.6 Å². The zero-order chi connectivity index (χ0) is 38.2. The molecule has 12 rings (SSSR count). The van der Waals surface area contributed by atoms with Gasteiger partial charge in [-0.1, -0.05) is 164 Å². The first kappa shape index (κ1) is 32.7. The molecular weight excluding hydrogens is 725 g/mol. The molecule has 0 saturated heterocycles. The maximum absolute atomic E-state index is 5.38. The summed E-state index contributed by atoms with van der Waals surface area (Å²) in [5.74, 6) is 1.81. The van der Waals surface area contributed by atoms with Crippen molar-refractivity contribution in [2.75, 3.05) is 0 Å². The lowest BCUT2D eigenvalue weighted by Crippen LogP contribution is -2.07. The standard InChI is InChI=1S/C53H32N4S/c1-2-11-33(12-3-1)35-21-24-37(25-22-35)51-54-52(40-26-23-34-13-4-5-15-38(34)31-40)56-53(55-51)57-46-29-27-36-14-6-7-16-41(36)49(46)44-19-10-18-42(50(44)57)39-28-30-48-45(32-39)43-17-8-9-20-47(43)58-48/h1-32H.